The second-order valence-corrected chi connectivity index (χ2v) is 4.39. The molecule has 0 radical (unpaired) electrons. The van der Waals surface area contributed by atoms with Crippen molar-refractivity contribution in [3.8, 4) is 0 Å². The van der Waals surface area contributed by atoms with Crippen LogP contribution < -0.4 is 5.32 Å². The number of hydrogen-bond donors (Lipinski definition) is 1. The molecule has 0 aromatic carbocycles. The van der Waals surface area contributed by atoms with Gasteiger partial charge in [0, 0.05) is 18.2 Å². The number of nitrogens with one attached hydrogen (secondary N) is 1. The Balaban J connectivity index is 3.00. The van der Waals surface area contributed by atoms with Gasteiger partial charge in [0.05, 0.1) is 6.20 Å². The molecule has 0 aliphatic heterocycles. The molecule has 1 atom stereocenters. The summed E-state index contributed by atoms with van der Waals surface area (Å²) >= 11 is 0. The van der Waals surface area contributed by atoms with Crippen LogP contribution in [-0.2, 0) is 12.7 Å². The monoisotopic (exact) mass is 263 g/mol. The second-order valence-electron chi connectivity index (χ2n) is 4.39. The maximum absolute atomic E-state index is 13.1. The molecular formula is C12H20F3N3. The van der Waals surface area contributed by atoms with Crippen molar-refractivity contribution < 1.29 is 13.2 Å². The van der Waals surface area contributed by atoms with Crippen LogP contribution in [0.1, 0.15) is 50.9 Å². The third kappa shape index (κ3) is 3.48. The minimum Gasteiger partial charge on any atom is -0.313 e. The van der Waals surface area contributed by atoms with Crippen molar-refractivity contribution in [1.82, 2.24) is 15.1 Å². The zero-order valence-corrected chi connectivity index (χ0v) is 11.0. The molecule has 0 saturated heterocycles. The van der Waals surface area contributed by atoms with E-state index in [1.807, 2.05) is 13.8 Å². The first-order valence-electron chi connectivity index (χ1n) is 6.26. The van der Waals surface area contributed by atoms with Crippen LogP contribution in [0.15, 0.2) is 6.20 Å². The summed E-state index contributed by atoms with van der Waals surface area (Å²) in [4.78, 5) is 0. The summed E-state index contributed by atoms with van der Waals surface area (Å²) < 4.78 is 40.3. The summed E-state index contributed by atoms with van der Waals surface area (Å²) in [6, 6.07) is -0.249. The highest BCUT2D eigenvalue weighted by atomic mass is 19.4. The van der Waals surface area contributed by atoms with Gasteiger partial charge in [-0.1, -0.05) is 13.8 Å². The molecule has 0 saturated carbocycles. The van der Waals surface area contributed by atoms with Gasteiger partial charge < -0.3 is 5.32 Å². The molecule has 1 heterocycles. The number of rotatable bonds is 6. The largest absolute Gasteiger partial charge is 0.433 e. The molecule has 0 fully saturated rings. The number of halogens is 3. The zero-order chi connectivity index (χ0) is 13.8. The molecule has 1 aromatic heterocycles. The standard InChI is InChI=1S/C12H20F3N3/c1-4-6-16-7-10-8-17-18(9(3)5-2)11(10)12(13,14)15/h8-9,16H,4-7H2,1-3H3. The molecule has 3 nitrogen and oxygen atoms in total. The van der Waals surface area contributed by atoms with Crippen molar-refractivity contribution in [2.45, 2.75) is 52.4 Å². The van der Waals surface area contributed by atoms with E-state index in [1.165, 1.54) is 6.20 Å². The summed E-state index contributed by atoms with van der Waals surface area (Å²) in [5.74, 6) is 0. The third-order valence-corrected chi connectivity index (χ3v) is 2.89. The van der Waals surface area contributed by atoms with Gasteiger partial charge >= 0.3 is 6.18 Å². The van der Waals surface area contributed by atoms with Crippen LogP contribution >= 0.6 is 0 Å². The van der Waals surface area contributed by atoms with E-state index in [-0.39, 0.29) is 18.2 Å². The molecule has 1 aromatic rings. The molecule has 0 amide bonds. The smallest absolute Gasteiger partial charge is 0.313 e. The minimum atomic E-state index is -4.36. The van der Waals surface area contributed by atoms with Crippen LogP contribution in [-0.4, -0.2) is 16.3 Å². The van der Waals surface area contributed by atoms with Gasteiger partial charge in [-0.25, -0.2) is 0 Å². The Hall–Kier alpha value is -1.04. The first-order valence-corrected chi connectivity index (χ1v) is 6.26. The Morgan fingerprint density at radius 2 is 2.06 bits per heavy atom. The Morgan fingerprint density at radius 1 is 1.39 bits per heavy atom. The number of hydrogen-bond acceptors (Lipinski definition) is 2. The van der Waals surface area contributed by atoms with Gasteiger partial charge in [-0.2, -0.15) is 18.3 Å². The van der Waals surface area contributed by atoms with E-state index in [0.717, 1.165) is 11.1 Å². The fourth-order valence-corrected chi connectivity index (χ4v) is 1.75. The average molecular weight is 263 g/mol. The van der Waals surface area contributed by atoms with Crippen LogP contribution in [0.25, 0.3) is 0 Å². The van der Waals surface area contributed by atoms with Gasteiger partial charge in [0.1, 0.15) is 5.69 Å². The summed E-state index contributed by atoms with van der Waals surface area (Å²) in [7, 11) is 0. The fraction of sp³-hybridized carbons (Fsp3) is 0.750. The fourth-order valence-electron chi connectivity index (χ4n) is 1.75. The van der Waals surface area contributed by atoms with E-state index in [4.69, 9.17) is 0 Å². The van der Waals surface area contributed by atoms with Gasteiger partial charge in [0.25, 0.3) is 0 Å². The first kappa shape index (κ1) is 15.0. The normalized spacial score (nSPS) is 13.9. The highest BCUT2D eigenvalue weighted by Gasteiger charge is 2.38. The maximum atomic E-state index is 13.1. The Labute approximate surface area is 105 Å². The van der Waals surface area contributed by atoms with Crippen molar-refractivity contribution >= 4 is 0 Å². The summed E-state index contributed by atoms with van der Waals surface area (Å²) in [5, 5.41) is 6.87. The molecule has 1 rings (SSSR count). The molecule has 1 N–H and O–H groups in total. The zero-order valence-electron chi connectivity index (χ0n) is 11.0. The van der Waals surface area contributed by atoms with Crippen LogP contribution in [0.5, 0.6) is 0 Å². The highest BCUT2D eigenvalue weighted by Crippen LogP contribution is 2.34. The lowest BCUT2D eigenvalue weighted by Gasteiger charge is -2.17. The molecule has 0 aliphatic rings. The Morgan fingerprint density at radius 3 is 2.56 bits per heavy atom. The molecule has 104 valence electrons. The van der Waals surface area contributed by atoms with Gasteiger partial charge in [0.15, 0.2) is 0 Å². The van der Waals surface area contributed by atoms with Gasteiger partial charge in [-0.15, -0.1) is 0 Å². The molecule has 0 spiro atoms. The van der Waals surface area contributed by atoms with Crippen molar-refractivity contribution in [2.24, 2.45) is 0 Å². The lowest BCUT2D eigenvalue weighted by atomic mass is 10.2. The summed E-state index contributed by atoms with van der Waals surface area (Å²) in [6.45, 7) is 6.47. The maximum Gasteiger partial charge on any atom is 0.433 e. The first-order chi connectivity index (χ1) is 8.41. The van der Waals surface area contributed by atoms with E-state index >= 15 is 0 Å². The minimum absolute atomic E-state index is 0.207. The van der Waals surface area contributed by atoms with Crippen LogP contribution in [0.4, 0.5) is 13.2 Å². The third-order valence-electron chi connectivity index (χ3n) is 2.89. The van der Waals surface area contributed by atoms with Crippen molar-refractivity contribution in [1.29, 1.82) is 0 Å². The van der Waals surface area contributed by atoms with E-state index in [9.17, 15) is 13.2 Å². The van der Waals surface area contributed by atoms with Crippen molar-refractivity contribution in [3.63, 3.8) is 0 Å². The van der Waals surface area contributed by atoms with Crippen LogP contribution in [0.2, 0.25) is 0 Å². The number of nitrogens with zero attached hydrogens (tertiary/aromatic N) is 2. The van der Waals surface area contributed by atoms with Gasteiger partial charge in [-0.3, -0.25) is 4.68 Å². The number of alkyl halides is 3. The van der Waals surface area contributed by atoms with E-state index in [1.54, 1.807) is 6.92 Å². The quantitative estimate of drug-likeness (QED) is 0.797. The van der Waals surface area contributed by atoms with Gasteiger partial charge in [-0.05, 0) is 26.3 Å². The van der Waals surface area contributed by atoms with Crippen LogP contribution in [0, 0.1) is 0 Å². The average Bonchev–Trinajstić information content (AvgIpc) is 2.72. The molecule has 1 unspecified atom stereocenters. The second kappa shape index (κ2) is 6.22. The topological polar surface area (TPSA) is 29.9 Å². The van der Waals surface area contributed by atoms with E-state index in [2.05, 4.69) is 10.4 Å². The van der Waals surface area contributed by atoms with E-state index in [0.29, 0.717) is 13.0 Å². The molecule has 18 heavy (non-hydrogen) atoms. The molecule has 0 bridgehead atoms. The highest BCUT2D eigenvalue weighted by molar-refractivity contribution is 5.21. The SMILES string of the molecule is CCCNCc1cnn(C(C)CC)c1C(F)(F)F. The molecule has 6 heteroatoms. The summed E-state index contributed by atoms with van der Waals surface area (Å²) in [6.07, 6.45) is -1.53. The van der Waals surface area contributed by atoms with Crippen molar-refractivity contribution in [2.75, 3.05) is 6.54 Å². The molecular weight excluding hydrogens is 243 g/mol. The lowest BCUT2D eigenvalue weighted by molar-refractivity contribution is -0.145. The molecule has 0 aliphatic carbocycles. The number of aromatic nitrogens is 2. The predicted molar refractivity (Wildman–Crippen MR) is 64.2 cm³/mol. The predicted octanol–water partition coefficient (Wildman–Crippen LogP) is 3.37. The van der Waals surface area contributed by atoms with E-state index < -0.39 is 11.9 Å². The lowest BCUT2D eigenvalue weighted by Crippen LogP contribution is -2.21. The summed E-state index contributed by atoms with van der Waals surface area (Å²) in [5.41, 5.74) is -0.406. The Kier molecular flexibility index (Phi) is 5.19. The van der Waals surface area contributed by atoms with Gasteiger partial charge in [0.2, 0.25) is 0 Å². The van der Waals surface area contributed by atoms with Crippen LogP contribution in [0.3, 0.4) is 0 Å². The Bertz CT molecular complexity index is 371. The van der Waals surface area contributed by atoms with Crippen molar-refractivity contribution in [3.05, 3.63) is 17.5 Å².